The van der Waals surface area contributed by atoms with Crippen LogP contribution in [0.5, 0.6) is 0 Å². The number of rotatable bonds is 7. The third kappa shape index (κ3) is 7.10. The fourth-order valence-corrected chi connectivity index (χ4v) is 2.15. The molecular formula is C12H24F3N3O. The van der Waals surface area contributed by atoms with Crippen molar-refractivity contribution >= 4 is 0 Å². The van der Waals surface area contributed by atoms with Crippen molar-refractivity contribution in [1.82, 2.24) is 9.80 Å². The maximum atomic E-state index is 11.8. The van der Waals surface area contributed by atoms with Crippen LogP contribution in [0.1, 0.15) is 13.3 Å². The molecule has 1 saturated heterocycles. The van der Waals surface area contributed by atoms with E-state index in [-0.39, 0.29) is 6.61 Å². The predicted molar refractivity (Wildman–Crippen MR) is 68.0 cm³/mol. The van der Waals surface area contributed by atoms with Crippen LogP contribution in [0.15, 0.2) is 0 Å². The minimum absolute atomic E-state index is 0.166. The Kier molecular flexibility index (Phi) is 7.06. The first-order valence-corrected chi connectivity index (χ1v) is 6.73. The van der Waals surface area contributed by atoms with Gasteiger partial charge in [-0.1, -0.05) is 0 Å². The quantitative estimate of drug-likeness (QED) is 0.706. The molecule has 2 N–H and O–H groups in total. The summed E-state index contributed by atoms with van der Waals surface area (Å²) in [6.45, 7) is 6.43. The Hall–Kier alpha value is -0.370. The normalized spacial score (nSPS) is 20.7. The Bertz CT molecular complexity index is 243. The first-order chi connectivity index (χ1) is 8.92. The molecule has 19 heavy (non-hydrogen) atoms. The standard InChI is InChI=1S/C12H24F3N3O/c1-11(9-16)18-6-4-17(5-7-18)3-2-8-19-10-12(13,14)15/h11H,2-10,16H2,1H3. The fraction of sp³-hybridized carbons (Fsp3) is 1.00. The molecule has 7 heteroatoms. The lowest BCUT2D eigenvalue weighted by Gasteiger charge is -2.37. The Morgan fingerprint density at radius 1 is 1.21 bits per heavy atom. The molecule has 1 unspecified atom stereocenters. The molecule has 1 rings (SSSR count). The Morgan fingerprint density at radius 3 is 2.37 bits per heavy atom. The fourth-order valence-electron chi connectivity index (χ4n) is 2.15. The predicted octanol–water partition coefficient (Wildman–Crippen LogP) is 0.920. The summed E-state index contributed by atoms with van der Waals surface area (Å²) in [6.07, 6.45) is -3.58. The first kappa shape index (κ1) is 16.7. The van der Waals surface area contributed by atoms with Crippen molar-refractivity contribution in [2.24, 2.45) is 5.73 Å². The monoisotopic (exact) mass is 283 g/mol. The molecule has 0 aromatic carbocycles. The van der Waals surface area contributed by atoms with E-state index < -0.39 is 12.8 Å². The molecule has 0 aliphatic carbocycles. The number of halogens is 3. The van der Waals surface area contributed by atoms with Gasteiger partial charge in [0.15, 0.2) is 0 Å². The molecule has 1 aliphatic rings. The Balaban J connectivity index is 2.04. The van der Waals surface area contributed by atoms with Gasteiger partial charge in [-0.2, -0.15) is 13.2 Å². The highest BCUT2D eigenvalue weighted by Crippen LogP contribution is 2.14. The molecule has 114 valence electrons. The van der Waals surface area contributed by atoms with Crippen LogP contribution in [0.3, 0.4) is 0 Å². The highest BCUT2D eigenvalue weighted by Gasteiger charge is 2.27. The van der Waals surface area contributed by atoms with Gasteiger partial charge in [-0.25, -0.2) is 0 Å². The Labute approximate surface area is 112 Å². The smallest absolute Gasteiger partial charge is 0.372 e. The van der Waals surface area contributed by atoms with E-state index in [0.29, 0.717) is 19.0 Å². The van der Waals surface area contributed by atoms with Gasteiger partial charge >= 0.3 is 6.18 Å². The molecule has 1 aliphatic heterocycles. The summed E-state index contributed by atoms with van der Waals surface area (Å²) in [5.41, 5.74) is 5.62. The number of nitrogens with zero attached hydrogens (tertiary/aromatic N) is 2. The summed E-state index contributed by atoms with van der Waals surface area (Å²) in [6, 6.07) is 0.400. The largest absolute Gasteiger partial charge is 0.411 e. The van der Waals surface area contributed by atoms with E-state index >= 15 is 0 Å². The summed E-state index contributed by atoms with van der Waals surface area (Å²) >= 11 is 0. The zero-order valence-electron chi connectivity index (χ0n) is 11.5. The average molecular weight is 283 g/mol. The maximum absolute atomic E-state index is 11.8. The zero-order chi connectivity index (χ0) is 14.3. The van der Waals surface area contributed by atoms with Crippen LogP contribution in [-0.2, 0) is 4.74 Å². The maximum Gasteiger partial charge on any atom is 0.411 e. The lowest BCUT2D eigenvalue weighted by Crippen LogP contribution is -2.51. The molecule has 0 spiro atoms. The SMILES string of the molecule is CC(CN)N1CCN(CCCOCC(F)(F)F)CC1. The number of ether oxygens (including phenoxy) is 1. The van der Waals surface area contributed by atoms with Gasteiger partial charge < -0.3 is 15.4 Å². The summed E-state index contributed by atoms with van der Waals surface area (Å²) in [5, 5.41) is 0. The Morgan fingerprint density at radius 2 is 1.84 bits per heavy atom. The van der Waals surface area contributed by atoms with Crippen LogP contribution in [0.25, 0.3) is 0 Å². The van der Waals surface area contributed by atoms with Crippen LogP contribution < -0.4 is 5.73 Å². The van der Waals surface area contributed by atoms with Gasteiger partial charge in [0.2, 0.25) is 0 Å². The van der Waals surface area contributed by atoms with E-state index in [4.69, 9.17) is 5.73 Å². The number of piperazine rings is 1. The van der Waals surface area contributed by atoms with Gasteiger partial charge in [-0.05, 0) is 13.3 Å². The summed E-state index contributed by atoms with van der Waals surface area (Å²) in [5.74, 6) is 0. The van der Waals surface area contributed by atoms with E-state index in [1.165, 1.54) is 0 Å². The topological polar surface area (TPSA) is 41.7 Å². The van der Waals surface area contributed by atoms with Crippen LogP contribution in [0.2, 0.25) is 0 Å². The van der Waals surface area contributed by atoms with E-state index in [2.05, 4.69) is 21.5 Å². The zero-order valence-corrected chi connectivity index (χ0v) is 11.5. The van der Waals surface area contributed by atoms with E-state index in [1.807, 2.05) is 0 Å². The van der Waals surface area contributed by atoms with Crippen molar-refractivity contribution in [2.75, 3.05) is 52.5 Å². The van der Waals surface area contributed by atoms with Gasteiger partial charge in [0.05, 0.1) is 0 Å². The van der Waals surface area contributed by atoms with E-state index in [1.54, 1.807) is 0 Å². The molecule has 1 heterocycles. The lowest BCUT2D eigenvalue weighted by atomic mass is 10.2. The van der Waals surface area contributed by atoms with Crippen molar-refractivity contribution in [3.63, 3.8) is 0 Å². The molecule has 0 amide bonds. The molecule has 0 radical (unpaired) electrons. The highest BCUT2D eigenvalue weighted by molar-refractivity contribution is 4.76. The third-order valence-corrected chi connectivity index (χ3v) is 3.40. The van der Waals surface area contributed by atoms with Gasteiger partial charge in [-0.15, -0.1) is 0 Å². The number of nitrogens with two attached hydrogens (primary N) is 1. The van der Waals surface area contributed by atoms with Crippen molar-refractivity contribution < 1.29 is 17.9 Å². The summed E-state index contributed by atoms with van der Waals surface area (Å²) in [7, 11) is 0. The molecule has 0 aromatic rings. The summed E-state index contributed by atoms with van der Waals surface area (Å²) in [4.78, 5) is 4.60. The van der Waals surface area contributed by atoms with Crippen LogP contribution in [0.4, 0.5) is 13.2 Å². The molecule has 0 saturated carbocycles. The molecular weight excluding hydrogens is 259 g/mol. The van der Waals surface area contributed by atoms with Crippen molar-refractivity contribution in [1.29, 1.82) is 0 Å². The van der Waals surface area contributed by atoms with Gasteiger partial charge in [0.25, 0.3) is 0 Å². The number of hydrogen-bond acceptors (Lipinski definition) is 4. The molecule has 1 atom stereocenters. The average Bonchev–Trinajstić information content (AvgIpc) is 2.37. The van der Waals surface area contributed by atoms with Gasteiger partial charge in [-0.3, -0.25) is 4.90 Å². The number of alkyl halides is 3. The van der Waals surface area contributed by atoms with Crippen molar-refractivity contribution in [3.8, 4) is 0 Å². The minimum Gasteiger partial charge on any atom is -0.372 e. The molecule has 0 bridgehead atoms. The van der Waals surface area contributed by atoms with Gasteiger partial charge in [0, 0.05) is 51.9 Å². The number of hydrogen-bond donors (Lipinski definition) is 1. The molecule has 1 fully saturated rings. The van der Waals surface area contributed by atoms with Crippen LogP contribution >= 0.6 is 0 Å². The van der Waals surface area contributed by atoms with E-state index in [9.17, 15) is 13.2 Å². The van der Waals surface area contributed by atoms with Crippen molar-refractivity contribution in [2.45, 2.75) is 25.6 Å². The second kappa shape index (κ2) is 8.04. The molecule has 0 aromatic heterocycles. The highest BCUT2D eigenvalue weighted by atomic mass is 19.4. The van der Waals surface area contributed by atoms with E-state index in [0.717, 1.165) is 32.7 Å². The second-order valence-electron chi connectivity index (χ2n) is 4.98. The summed E-state index contributed by atoms with van der Waals surface area (Å²) < 4.78 is 40.1. The lowest BCUT2D eigenvalue weighted by molar-refractivity contribution is -0.174. The van der Waals surface area contributed by atoms with Gasteiger partial charge in [0.1, 0.15) is 6.61 Å². The van der Waals surface area contributed by atoms with Crippen LogP contribution in [-0.4, -0.2) is 74.5 Å². The second-order valence-corrected chi connectivity index (χ2v) is 4.98. The first-order valence-electron chi connectivity index (χ1n) is 6.73. The van der Waals surface area contributed by atoms with Crippen LogP contribution in [0, 0.1) is 0 Å². The minimum atomic E-state index is -4.22. The third-order valence-electron chi connectivity index (χ3n) is 3.40. The molecule has 4 nitrogen and oxygen atoms in total. The van der Waals surface area contributed by atoms with Crippen molar-refractivity contribution in [3.05, 3.63) is 0 Å².